The predicted octanol–water partition coefficient (Wildman–Crippen LogP) is 4.89. The highest BCUT2D eigenvalue weighted by Gasteiger charge is 2.16. The Balaban J connectivity index is 1.75. The van der Waals surface area contributed by atoms with Gasteiger partial charge >= 0.3 is 6.61 Å². The van der Waals surface area contributed by atoms with Crippen molar-refractivity contribution in [3.05, 3.63) is 70.1 Å². The number of hydrogen-bond acceptors (Lipinski definition) is 4. The van der Waals surface area contributed by atoms with E-state index in [1.54, 1.807) is 23.7 Å². The number of amides is 1. The van der Waals surface area contributed by atoms with Gasteiger partial charge in [-0.15, -0.1) is 0 Å². The number of carbonyl (C=O) groups excluding carboxylic acids is 1. The van der Waals surface area contributed by atoms with E-state index in [0.717, 1.165) is 5.69 Å². The molecule has 0 radical (unpaired) electrons. The molecule has 0 fully saturated rings. The highest BCUT2D eigenvalue weighted by molar-refractivity contribution is 6.31. The third kappa shape index (κ3) is 5.04. The number of nitrogens with zero attached hydrogens (tertiary/aromatic N) is 2. The number of anilines is 1. The van der Waals surface area contributed by atoms with Crippen LogP contribution in [-0.4, -0.2) is 29.4 Å². The number of rotatable bonds is 7. The molecule has 0 unspecified atom stereocenters. The molecule has 1 amide bonds. The van der Waals surface area contributed by atoms with Gasteiger partial charge in [-0.3, -0.25) is 9.48 Å². The van der Waals surface area contributed by atoms with Crippen LogP contribution in [0, 0.1) is 12.7 Å². The molecular formula is C20H17ClF3N3O3. The van der Waals surface area contributed by atoms with E-state index in [4.69, 9.17) is 16.3 Å². The molecule has 0 aliphatic heterocycles. The third-order valence-electron chi connectivity index (χ3n) is 4.20. The summed E-state index contributed by atoms with van der Waals surface area (Å²) < 4.78 is 49.0. The number of nitrogens with one attached hydrogen (secondary N) is 1. The van der Waals surface area contributed by atoms with Crippen molar-refractivity contribution in [1.82, 2.24) is 9.78 Å². The molecule has 1 heterocycles. The standard InChI is InChI=1S/C20H17ClF3N3O3/c1-11-7-18(26-27(11)10-13-3-5-14(22)9-15(13)21)25-19(28)12-4-6-16(30-20(23)24)17(8-12)29-2/h3-9,20H,10H2,1-2H3,(H,25,26,28). The van der Waals surface area contributed by atoms with Gasteiger partial charge in [0.2, 0.25) is 0 Å². The summed E-state index contributed by atoms with van der Waals surface area (Å²) in [4.78, 5) is 12.5. The summed E-state index contributed by atoms with van der Waals surface area (Å²) in [6.07, 6.45) is 0. The first kappa shape index (κ1) is 21.5. The van der Waals surface area contributed by atoms with E-state index in [9.17, 15) is 18.0 Å². The maximum Gasteiger partial charge on any atom is 0.387 e. The second-order valence-corrected chi connectivity index (χ2v) is 6.67. The van der Waals surface area contributed by atoms with Crippen molar-refractivity contribution in [2.75, 3.05) is 12.4 Å². The zero-order valence-electron chi connectivity index (χ0n) is 16.0. The van der Waals surface area contributed by atoms with Crippen LogP contribution in [-0.2, 0) is 6.54 Å². The minimum atomic E-state index is -3.01. The van der Waals surface area contributed by atoms with E-state index < -0.39 is 18.3 Å². The van der Waals surface area contributed by atoms with Gasteiger partial charge in [0.05, 0.1) is 13.7 Å². The van der Waals surface area contributed by atoms with Gasteiger partial charge in [0.15, 0.2) is 17.3 Å². The molecule has 10 heteroatoms. The Morgan fingerprint density at radius 1 is 1.20 bits per heavy atom. The van der Waals surface area contributed by atoms with Crippen molar-refractivity contribution < 1.29 is 27.4 Å². The SMILES string of the molecule is COc1cc(C(=O)Nc2cc(C)n(Cc3ccc(F)cc3Cl)n2)ccc1OC(F)F. The van der Waals surface area contributed by atoms with Gasteiger partial charge in [0.1, 0.15) is 5.82 Å². The second kappa shape index (κ2) is 9.08. The maximum absolute atomic E-state index is 13.2. The summed E-state index contributed by atoms with van der Waals surface area (Å²) in [5.41, 5.74) is 1.58. The minimum absolute atomic E-state index is 0.00406. The number of ether oxygens (including phenoxy) is 2. The Kier molecular flexibility index (Phi) is 6.51. The van der Waals surface area contributed by atoms with E-state index in [2.05, 4.69) is 15.2 Å². The number of methoxy groups -OCH3 is 1. The van der Waals surface area contributed by atoms with Crippen LogP contribution in [0.3, 0.4) is 0 Å². The van der Waals surface area contributed by atoms with Gasteiger partial charge in [-0.2, -0.15) is 13.9 Å². The van der Waals surface area contributed by atoms with Crippen LogP contribution < -0.4 is 14.8 Å². The molecule has 158 valence electrons. The average Bonchev–Trinajstić information content (AvgIpc) is 3.02. The fourth-order valence-corrected chi connectivity index (χ4v) is 2.96. The highest BCUT2D eigenvalue weighted by atomic mass is 35.5. The van der Waals surface area contributed by atoms with Gasteiger partial charge in [0, 0.05) is 22.3 Å². The Labute approximate surface area is 175 Å². The Bertz CT molecular complexity index is 1070. The van der Waals surface area contributed by atoms with E-state index in [-0.39, 0.29) is 34.4 Å². The van der Waals surface area contributed by atoms with Crippen molar-refractivity contribution in [2.45, 2.75) is 20.1 Å². The largest absolute Gasteiger partial charge is 0.493 e. The first-order valence-corrected chi connectivity index (χ1v) is 9.07. The van der Waals surface area contributed by atoms with Crippen LogP contribution in [0.2, 0.25) is 5.02 Å². The van der Waals surface area contributed by atoms with Crippen LogP contribution in [0.4, 0.5) is 19.0 Å². The Morgan fingerprint density at radius 2 is 1.97 bits per heavy atom. The molecule has 1 N–H and O–H groups in total. The zero-order chi connectivity index (χ0) is 21.8. The Morgan fingerprint density at radius 3 is 2.63 bits per heavy atom. The van der Waals surface area contributed by atoms with Gasteiger partial charge in [0.25, 0.3) is 5.91 Å². The number of alkyl halides is 2. The first-order valence-electron chi connectivity index (χ1n) is 8.69. The number of aromatic nitrogens is 2. The molecule has 0 saturated heterocycles. The maximum atomic E-state index is 13.2. The number of hydrogen-bond donors (Lipinski definition) is 1. The molecule has 3 rings (SSSR count). The molecule has 0 saturated carbocycles. The van der Waals surface area contributed by atoms with Crippen molar-refractivity contribution in [1.29, 1.82) is 0 Å². The number of aryl methyl sites for hydroxylation is 1. The van der Waals surface area contributed by atoms with Crippen molar-refractivity contribution in [3.8, 4) is 11.5 Å². The molecule has 0 aliphatic rings. The predicted molar refractivity (Wildman–Crippen MR) is 105 cm³/mol. The summed E-state index contributed by atoms with van der Waals surface area (Å²) in [6.45, 7) is -0.936. The van der Waals surface area contributed by atoms with E-state index in [1.165, 1.54) is 37.4 Å². The van der Waals surface area contributed by atoms with E-state index >= 15 is 0 Å². The van der Waals surface area contributed by atoms with E-state index in [0.29, 0.717) is 5.56 Å². The van der Waals surface area contributed by atoms with Gasteiger partial charge in [-0.05, 0) is 42.8 Å². The minimum Gasteiger partial charge on any atom is -0.493 e. The lowest BCUT2D eigenvalue weighted by molar-refractivity contribution is -0.0512. The summed E-state index contributed by atoms with van der Waals surface area (Å²) in [7, 11) is 1.28. The van der Waals surface area contributed by atoms with E-state index in [1.807, 2.05) is 0 Å². The topological polar surface area (TPSA) is 65.4 Å². The molecule has 0 bridgehead atoms. The average molecular weight is 440 g/mol. The molecule has 0 aliphatic carbocycles. The smallest absolute Gasteiger partial charge is 0.387 e. The van der Waals surface area contributed by atoms with Gasteiger partial charge in [-0.1, -0.05) is 17.7 Å². The van der Waals surface area contributed by atoms with Crippen molar-refractivity contribution >= 4 is 23.3 Å². The number of halogens is 4. The van der Waals surface area contributed by atoms with Crippen molar-refractivity contribution in [3.63, 3.8) is 0 Å². The molecular weight excluding hydrogens is 423 g/mol. The normalized spacial score (nSPS) is 10.9. The fourth-order valence-electron chi connectivity index (χ4n) is 2.73. The number of carbonyl (C=O) groups is 1. The van der Waals surface area contributed by atoms with Crippen LogP contribution in [0.25, 0.3) is 0 Å². The Hall–Kier alpha value is -3.20. The zero-order valence-corrected chi connectivity index (χ0v) is 16.7. The lowest BCUT2D eigenvalue weighted by Gasteiger charge is -2.11. The molecule has 2 aromatic carbocycles. The lowest BCUT2D eigenvalue weighted by Crippen LogP contribution is -2.13. The number of benzene rings is 2. The molecule has 30 heavy (non-hydrogen) atoms. The van der Waals surface area contributed by atoms with Crippen LogP contribution in [0.5, 0.6) is 11.5 Å². The quantitative estimate of drug-likeness (QED) is 0.569. The van der Waals surface area contributed by atoms with Gasteiger partial charge < -0.3 is 14.8 Å². The fraction of sp³-hybridized carbons (Fsp3) is 0.200. The van der Waals surface area contributed by atoms with Crippen molar-refractivity contribution in [2.24, 2.45) is 0 Å². The highest BCUT2D eigenvalue weighted by Crippen LogP contribution is 2.29. The van der Waals surface area contributed by atoms with Crippen LogP contribution in [0.15, 0.2) is 42.5 Å². The summed E-state index contributed by atoms with van der Waals surface area (Å²) in [5, 5.41) is 7.21. The summed E-state index contributed by atoms with van der Waals surface area (Å²) in [5.74, 6) is -0.853. The molecule has 3 aromatic rings. The monoisotopic (exact) mass is 439 g/mol. The lowest BCUT2D eigenvalue weighted by atomic mass is 10.2. The third-order valence-corrected chi connectivity index (χ3v) is 4.55. The molecule has 0 spiro atoms. The molecule has 0 atom stereocenters. The van der Waals surface area contributed by atoms with Crippen LogP contribution >= 0.6 is 11.6 Å². The molecule has 1 aromatic heterocycles. The molecule has 6 nitrogen and oxygen atoms in total. The second-order valence-electron chi connectivity index (χ2n) is 6.26. The van der Waals surface area contributed by atoms with Crippen LogP contribution in [0.1, 0.15) is 21.6 Å². The summed E-state index contributed by atoms with van der Waals surface area (Å²) in [6, 6.07) is 9.57. The summed E-state index contributed by atoms with van der Waals surface area (Å²) >= 11 is 6.06. The van der Waals surface area contributed by atoms with Gasteiger partial charge in [-0.25, -0.2) is 4.39 Å². The first-order chi connectivity index (χ1) is 14.3.